The molecule has 1 aromatic carbocycles. The van der Waals surface area contributed by atoms with Crippen molar-refractivity contribution in [1.82, 2.24) is 9.97 Å². The monoisotopic (exact) mass is 232 g/mol. The number of imidazole rings is 1. The largest absolute Gasteiger partial charge is 0.454 e. The number of H-pyrrole nitrogens is 1. The number of ether oxygens (including phenoxy) is 2. The minimum absolute atomic E-state index is 0.114. The van der Waals surface area contributed by atoms with Gasteiger partial charge in [0.2, 0.25) is 6.79 Å². The topological polar surface area (TPSA) is 67.4 Å². The maximum absolute atomic E-state index is 8.84. The van der Waals surface area contributed by atoms with Gasteiger partial charge in [-0.2, -0.15) is 0 Å². The maximum Gasteiger partial charge on any atom is 0.231 e. The molecule has 0 aliphatic carbocycles. The van der Waals surface area contributed by atoms with Crippen LogP contribution in [0.15, 0.2) is 24.4 Å². The van der Waals surface area contributed by atoms with Crippen LogP contribution in [0.2, 0.25) is 0 Å². The molecule has 0 unspecified atom stereocenters. The van der Waals surface area contributed by atoms with Crippen molar-refractivity contribution in [3.8, 4) is 22.9 Å². The zero-order valence-corrected chi connectivity index (χ0v) is 9.14. The number of aromatic amines is 1. The molecule has 0 fully saturated rings. The Balaban J connectivity index is 1.92. The van der Waals surface area contributed by atoms with Gasteiger partial charge in [-0.1, -0.05) is 0 Å². The first-order chi connectivity index (χ1) is 8.36. The first kappa shape index (κ1) is 10.2. The molecule has 5 heteroatoms. The zero-order chi connectivity index (χ0) is 11.7. The Bertz CT molecular complexity index is 536. The summed E-state index contributed by atoms with van der Waals surface area (Å²) in [5.41, 5.74) is 1.86. The van der Waals surface area contributed by atoms with Crippen molar-refractivity contribution in [1.29, 1.82) is 0 Å². The Morgan fingerprint density at radius 3 is 3.06 bits per heavy atom. The number of rotatable bonds is 3. The van der Waals surface area contributed by atoms with Gasteiger partial charge >= 0.3 is 0 Å². The van der Waals surface area contributed by atoms with Gasteiger partial charge < -0.3 is 19.6 Å². The molecule has 3 rings (SSSR count). The molecule has 2 N–H and O–H groups in total. The Hall–Kier alpha value is -2.01. The average molecular weight is 232 g/mol. The number of aliphatic hydroxyl groups is 1. The number of nitrogens with zero attached hydrogens (tertiary/aromatic N) is 1. The van der Waals surface area contributed by atoms with Crippen molar-refractivity contribution < 1.29 is 14.6 Å². The van der Waals surface area contributed by atoms with Crippen LogP contribution >= 0.6 is 0 Å². The Morgan fingerprint density at radius 1 is 1.29 bits per heavy atom. The quantitative estimate of drug-likeness (QED) is 0.838. The molecular formula is C12H12N2O3. The third kappa shape index (κ3) is 1.85. The van der Waals surface area contributed by atoms with Gasteiger partial charge in [-0.3, -0.25) is 0 Å². The standard InChI is InChI=1S/C12H12N2O3/c15-4-3-9-6-13-12(14-9)8-1-2-10-11(5-8)17-7-16-10/h1-2,5-6,15H,3-4,7H2,(H,13,14). The van der Waals surface area contributed by atoms with E-state index in [0.717, 1.165) is 28.6 Å². The summed E-state index contributed by atoms with van der Waals surface area (Å²) in [6, 6.07) is 5.69. The SMILES string of the molecule is OCCc1cnc(-c2ccc3c(c2)OCO3)[nH]1. The van der Waals surface area contributed by atoms with E-state index in [1.807, 2.05) is 18.2 Å². The highest BCUT2D eigenvalue weighted by Crippen LogP contribution is 2.35. The van der Waals surface area contributed by atoms with E-state index < -0.39 is 0 Å². The second-order valence-corrected chi connectivity index (χ2v) is 3.80. The highest BCUT2D eigenvalue weighted by atomic mass is 16.7. The van der Waals surface area contributed by atoms with Crippen LogP contribution in [0.25, 0.3) is 11.4 Å². The van der Waals surface area contributed by atoms with Crippen molar-refractivity contribution in [2.24, 2.45) is 0 Å². The number of aromatic nitrogens is 2. The predicted octanol–water partition coefficient (Wildman–Crippen LogP) is 1.34. The van der Waals surface area contributed by atoms with E-state index in [9.17, 15) is 0 Å². The molecule has 0 saturated heterocycles. The average Bonchev–Trinajstić information content (AvgIpc) is 2.96. The van der Waals surface area contributed by atoms with E-state index in [-0.39, 0.29) is 13.4 Å². The highest BCUT2D eigenvalue weighted by molar-refractivity contribution is 5.61. The summed E-state index contributed by atoms with van der Waals surface area (Å²) in [6.07, 6.45) is 2.31. The lowest BCUT2D eigenvalue weighted by Gasteiger charge is -1.99. The molecule has 5 nitrogen and oxygen atoms in total. The summed E-state index contributed by atoms with van der Waals surface area (Å²) in [4.78, 5) is 7.42. The van der Waals surface area contributed by atoms with Crippen molar-refractivity contribution in [2.75, 3.05) is 13.4 Å². The minimum Gasteiger partial charge on any atom is -0.454 e. The Labute approximate surface area is 98.0 Å². The lowest BCUT2D eigenvalue weighted by molar-refractivity contribution is 0.174. The number of nitrogens with one attached hydrogen (secondary N) is 1. The number of benzene rings is 1. The van der Waals surface area contributed by atoms with E-state index in [1.165, 1.54) is 0 Å². The van der Waals surface area contributed by atoms with Crippen molar-refractivity contribution in [2.45, 2.75) is 6.42 Å². The Kier molecular flexibility index (Phi) is 2.45. The van der Waals surface area contributed by atoms with Crippen LogP contribution in [0.3, 0.4) is 0 Å². The van der Waals surface area contributed by atoms with E-state index >= 15 is 0 Å². The molecule has 1 aliphatic heterocycles. The summed E-state index contributed by atoms with van der Waals surface area (Å²) in [6.45, 7) is 0.384. The first-order valence-corrected chi connectivity index (χ1v) is 5.41. The van der Waals surface area contributed by atoms with Gasteiger partial charge in [0, 0.05) is 30.5 Å². The van der Waals surface area contributed by atoms with Crippen LogP contribution in [0.4, 0.5) is 0 Å². The summed E-state index contributed by atoms with van der Waals surface area (Å²) in [5.74, 6) is 2.27. The molecule has 0 saturated carbocycles. The fourth-order valence-electron chi connectivity index (χ4n) is 1.80. The van der Waals surface area contributed by atoms with Gasteiger partial charge in [-0.15, -0.1) is 0 Å². The highest BCUT2D eigenvalue weighted by Gasteiger charge is 2.14. The van der Waals surface area contributed by atoms with Crippen molar-refractivity contribution >= 4 is 0 Å². The molecule has 2 aromatic rings. The van der Waals surface area contributed by atoms with Crippen LogP contribution in [0, 0.1) is 0 Å². The summed E-state index contributed by atoms with van der Waals surface area (Å²) < 4.78 is 10.6. The number of hydrogen-bond acceptors (Lipinski definition) is 4. The molecular weight excluding hydrogens is 220 g/mol. The van der Waals surface area contributed by atoms with Crippen LogP contribution in [-0.2, 0) is 6.42 Å². The lowest BCUT2D eigenvalue weighted by Crippen LogP contribution is -1.92. The molecule has 0 bridgehead atoms. The lowest BCUT2D eigenvalue weighted by atomic mass is 10.2. The van der Waals surface area contributed by atoms with Crippen LogP contribution in [-0.4, -0.2) is 28.5 Å². The van der Waals surface area contributed by atoms with Crippen molar-refractivity contribution in [3.05, 3.63) is 30.1 Å². The normalized spacial score (nSPS) is 13.0. The summed E-state index contributed by atoms with van der Waals surface area (Å²) in [7, 11) is 0. The first-order valence-electron chi connectivity index (χ1n) is 5.41. The molecule has 17 heavy (non-hydrogen) atoms. The molecule has 1 aromatic heterocycles. The molecule has 0 amide bonds. The Morgan fingerprint density at radius 2 is 2.18 bits per heavy atom. The minimum atomic E-state index is 0.114. The fourth-order valence-corrected chi connectivity index (χ4v) is 1.80. The molecule has 88 valence electrons. The van der Waals surface area contributed by atoms with Gasteiger partial charge in [0.25, 0.3) is 0 Å². The third-order valence-electron chi connectivity index (χ3n) is 2.66. The molecule has 0 spiro atoms. The number of hydrogen-bond donors (Lipinski definition) is 2. The van der Waals surface area contributed by atoms with E-state index in [0.29, 0.717) is 6.42 Å². The van der Waals surface area contributed by atoms with E-state index in [4.69, 9.17) is 14.6 Å². The van der Waals surface area contributed by atoms with Gasteiger partial charge in [-0.05, 0) is 18.2 Å². The molecule has 0 radical (unpaired) electrons. The van der Waals surface area contributed by atoms with Crippen LogP contribution in [0.1, 0.15) is 5.69 Å². The van der Waals surface area contributed by atoms with Crippen LogP contribution in [0.5, 0.6) is 11.5 Å². The van der Waals surface area contributed by atoms with Crippen LogP contribution < -0.4 is 9.47 Å². The third-order valence-corrected chi connectivity index (χ3v) is 2.66. The smallest absolute Gasteiger partial charge is 0.231 e. The second kappa shape index (κ2) is 4.10. The predicted molar refractivity (Wildman–Crippen MR) is 60.9 cm³/mol. The fraction of sp³-hybridized carbons (Fsp3) is 0.250. The molecule has 0 atom stereocenters. The summed E-state index contributed by atoms with van der Waals surface area (Å²) in [5, 5.41) is 8.84. The maximum atomic E-state index is 8.84. The van der Waals surface area contributed by atoms with E-state index in [1.54, 1.807) is 6.20 Å². The van der Waals surface area contributed by atoms with Gasteiger partial charge in [0.05, 0.1) is 0 Å². The molecule has 1 aliphatic rings. The van der Waals surface area contributed by atoms with Gasteiger partial charge in [0.1, 0.15) is 5.82 Å². The van der Waals surface area contributed by atoms with Gasteiger partial charge in [0.15, 0.2) is 11.5 Å². The summed E-state index contributed by atoms with van der Waals surface area (Å²) >= 11 is 0. The number of fused-ring (bicyclic) bond motifs is 1. The van der Waals surface area contributed by atoms with Crippen molar-refractivity contribution in [3.63, 3.8) is 0 Å². The zero-order valence-electron chi connectivity index (χ0n) is 9.14. The van der Waals surface area contributed by atoms with Gasteiger partial charge in [-0.25, -0.2) is 4.98 Å². The molecule has 2 heterocycles. The number of aliphatic hydroxyl groups excluding tert-OH is 1. The van der Waals surface area contributed by atoms with E-state index in [2.05, 4.69) is 9.97 Å². The second-order valence-electron chi connectivity index (χ2n) is 3.80.